The largest absolute Gasteiger partial charge is 0.356 e. The molecule has 2 saturated carbocycles. The number of amides is 2. The van der Waals surface area contributed by atoms with Crippen molar-refractivity contribution in [3.05, 3.63) is 47.5 Å². The van der Waals surface area contributed by atoms with E-state index in [0.717, 1.165) is 24.8 Å². The maximum absolute atomic E-state index is 12.8. The molecule has 31 heavy (non-hydrogen) atoms. The summed E-state index contributed by atoms with van der Waals surface area (Å²) in [7, 11) is 1.77. The van der Waals surface area contributed by atoms with Gasteiger partial charge < -0.3 is 10.6 Å². The van der Waals surface area contributed by atoms with Gasteiger partial charge in [0.15, 0.2) is 5.96 Å². The number of aliphatic imine (C=N–C) groups is 1. The number of guanidine groups is 1. The van der Waals surface area contributed by atoms with Crippen molar-refractivity contribution in [2.45, 2.75) is 25.2 Å². The third kappa shape index (κ3) is 2.94. The van der Waals surface area contributed by atoms with Gasteiger partial charge in [-0.25, -0.2) is 0 Å². The number of fused-ring (bicyclic) bond motifs is 8. The normalized spacial score (nSPS) is 37.0. The van der Waals surface area contributed by atoms with Crippen molar-refractivity contribution in [2.75, 3.05) is 26.7 Å². The van der Waals surface area contributed by atoms with Crippen LogP contribution in [0.4, 0.5) is 0 Å². The molecule has 6 nitrogen and oxygen atoms in total. The molecule has 162 valence electrons. The van der Waals surface area contributed by atoms with E-state index in [-0.39, 0.29) is 35.5 Å². The molecule has 1 aliphatic heterocycles. The van der Waals surface area contributed by atoms with E-state index in [9.17, 15) is 9.59 Å². The van der Waals surface area contributed by atoms with Crippen LogP contribution in [0, 0.1) is 35.5 Å². The summed E-state index contributed by atoms with van der Waals surface area (Å²) >= 11 is 0. The van der Waals surface area contributed by atoms with E-state index in [1.54, 1.807) is 7.05 Å². The third-order valence-corrected chi connectivity index (χ3v) is 8.41. The average molecular weight is 419 g/mol. The Morgan fingerprint density at radius 2 is 1.81 bits per heavy atom. The number of rotatable bonds is 5. The van der Waals surface area contributed by atoms with Gasteiger partial charge in [-0.3, -0.25) is 19.5 Å². The Morgan fingerprint density at radius 1 is 1.06 bits per heavy atom. The maximum Gasteiger partial charge on any atom is 0.233 e. The van der Waals surface area contributed by atoms with E-state index in [0.29, 0.717) is 24.9 Å². The Kier molecular flexibility index (Phi) is 4.44. The highest BCUT2D eigenvalue weighted by Gasteiger charge is 2.59. The molecule has 1 saturated heterocycles. The molecule has 2 bridgehead atoms. The Bertz CT molecular complexity index is 955. The van der Waals surface area contributed by atoms with Gasteiger partial charge in [-0.1, -0.05) is 36.4 Å². The molecule has 3 fully saturated rings. The predicted octanol–water partition coefficient (Wildman–Crippen LogP) is 1.93. The van der Waals surface area contributed by atoms with E-state index < -0.39 is 0 Å². The topological polar surface area (TPSA) is 73.8 Å². The van der Waals surface area contributed by atoms with Crippen LogP contribution in [-0.4, -0.2) is 49.4 Å². The van der Waals surface area contributed by atoms with Gasteiger partial charge in [0.05, 0.1) is 11.8 Å². The molecular formula is C25H30N4O2. The smallest absolute Gasteiger partial charge is 0.233 e. The summed E-state index contributed by atoms with van der Waals surface area (Å²) < 4.78 is 0. The Morgan fingerprint density at radius 3 is 2.55 bits per heavy atom. The van der Waals surface area contributed by atoms with Crippen molar-refractivity contribution in [3.63, 3.8) is 0 Å². The molecule has 6 rings (SSSR count). The molecular weight excluding hydrogens is 388 g/mol. The van der Waals surface area contributed by atoms with E-state index in [1.165, 1.54) is 28.9 Å². The van der Waals surface area contributed by atoms with Gasteiger partial charge >= 0.3 is 0 Å². The zero-order valence-corrected chi connectivity index (χ0v) is 18.0. The Labute approximate surface area is 183 Å². The molecule has 2 amide bonds. The first-order valence-electron chi connectivity index (χ1n) is 11.7. The number of likely N-dealkylation sites (tertiary alicyclic amines) is 1. The highest BCUT2D eigenvalue weighted by molar-refractivity contribution is 6.06. The molecule has 7 atom stereocenters. The molecule has 5 aliphatic rings. The fourth-order valence-electron chi connectivity index (χ4n) is 6.89. The lowest BCUT2D eigenvalue weighted by molar-refractivity contribution is -0.140. The number of aryl methyl sites for hydroxylation is 1. The molecule has 1 heterocycles. The summed E-state index contributed by atoms with van der Waals surface area (Å²) in [6, 6.07) is 8.86. The van der Waals surface area contributed by atoms with Gasteiger partial charge in [0.1, 0.15) is 0 Å². The van der Waals surface area contributed by atoms with Gasteiger partial charge in [0.25, 0.3) is 0 Å². The van der Waals surface area contributed by atoms with Gasteiger partial charge in [0, 0.05) is 26.7 Å². The second kappa shape index (κ2) is 7.21. The second-order valence-corrected chi connectivity index (χ2v) is 9.80. The fourth-order valence-corrected chi connectivity index (χ4v) is 6.89. The molecule has 2 N–H and O–H groups in total. The van der Waals surface area contributed by atoms with E-state index >= 15 is 0 Å². The zero-order valence-electron chi connectivity index (χ0n) is 18.0. The minimum absolute atomic E-state index is 0.0253. The highest BCUT2D eigenvalue weighted by Crippen LogP contribution is 2.59. The quantitative estimate of drug-likeness (QED) is 0.332. The lowest BCUT2D eigenvalue weighted by Crippen LogP contribution is -2.44. The number of hydrogen-bond donors (Lipinski definition) is 2. The Balaban J connectivity index is 1.00. The van der Waals surface area contributed by atoms with Crippen molar-refractivity contribution in [2.24, 2.45) is 40.5 Å². The summed E-state index contributed by atoms with van der Waals surface area (Å²) in [4.78, 5) is 31.4. The standard InChI is InChI=1S/C25H30N4O2/c1-26-25(28-13-19-18-9-8-14-4-2-3-5-17(14)22(18)19)27-10-11-29-23(30)20-15-6-7-16(12-15)21(20)24(29)31/h2-7,15-16,18-22H,8-13H2,1H3,(H2,26,27,28). The summed E-state index contributed by atoms with van der Waals surface area (Å²) in [5, 5.41) is 6.77. The number of benzene rings is 1. The molecule has 4 aliphatic carbocycles. The van der Waals surface area contributed by atoms with Crippen LogP contribution in [0.5, 0.6) is 0 Å². The van der Waals surface area contributed by atoms with Gasteiger partial charge in [-0.15, -0.1) is 0 Å². The van der Waals surface area contributed by atoms with Crippen LogP contribution in [0.1, 0.15) is 29.9 Å². The number of carbonyl (C=O) groups excluding carboxylic acids is 2. The first-order valence-corrected chi connectivity index (χ1v) is 11.7. The lowest BCUT2D eigenvalue weighted by atomic mass is 9.85. The molecule has 6 heteroatoms. The predicted molar refractivity (Wildman–Crippen MR) is 118 cm³/mol. The number of allylic oxidation sites excluding steroid dienone is 2. The first-order chi connectivity index (χ1) is 15.2. The maximum atomic E-state index is 12.8. The number of nitrogens with zero attached hydrogens (tertiary/aromatic N) is 2. The minimum Gasteiger partial charge on any atom is -0.356 e. The van der Waals surface area contributed by atoms with Crippen LogP contribution >= 0.6 is 0 Å². The summed E-state index contributed by atoms with van der Waals surface area (Å²) in [5.41, 5.74) is 3.05. The van der Waals surface area contributed by atoms with Crippen molar-refractivity contribution < 1.29 is 9.59 Å². The third-order valence-electron chi connectivity index (χ3n) is 8.41. The van der Waals surface area contributed by atoms with Crippen LogP contribution in [-0.2, 0) is 16.0 Å². The lowest BCUT2D eigenvalue weighted by Gasteiger charge is -2.18. The number of nitrogens with one attached hydrogen (secondary N) is 2. The SMILES string of the molecule is CN=C(NCCN1C(=O)C2C3C=CC(C3)C2C1=O)NCC1C2CCc3ccccc3C21. The molecule has 0 spiro atoms. The molecule has 0 radical (unpaired) electrons. The summed E-state index contributed by atoms with van der Waals surface area (Å²) in [5.74, 6) is 3.24. The van der Waals surface area contributed by atoms with E-state index in [2.05, 4.69) is 52.0 Å². The van der Waals surface area contributed by atoms with Crippen molar-refractivity contribution in [1.82, 2.24) is 15.5 Å². The average Bonchev–Trinajstić information content (AvgIpc) is 3.05. The number of hydrogen-bond acceptors (Lipinski definition) is 3. The van der Waals surface area contributed by atoms with Crippen molar-refractivity contribution >= 4 is 17.8 Å². The van der Waals surface area contributed by atoms with Crippen LogP contribution in [0.15, 0.2) is 41.4 Å². The van der Waals surface area contributed by atoms with Gasteiger partial charge in [-0.2, -0.15) is 0 Å². The first kappa shape index (κ1) is 19.1. The van der Waals surface area contributed by atoms with Crippen molar-refractivity contribution in [1.29, 1.82) is 0 Å². The molecule has 1 aromatic carbocycles. The van der Waals surface area contributed by atoms with Crippen LogP contribution in [0.3, 0.4) is 0 Å². The second-order valence-electron chi connectivity index (χ2n) is 9.80. The number of carbonyl (C=O) groups is 2. The molecule has 0 aromatic heterocycles. The van der Waals surface area contributed by atoms with Crippen LogP contribution < -0.4 is 10.6 Å². The molecule has 7 unspecified atom stereocenters. The summed E-state index contributed by atoms with van der Waals surface area (Å²) in [6.45, 7) is 1.84. The van der Waals surface area contributed by atoms with Gasteiger partial charge in [0.2, 0.25) is 11.8 Å². The van der Waals surface area contributed by atoms with E-state index in [1.807, 2.05) is 0 Å². The fraction of sp³-hybridized carbons (Fsp3) is 0.560. The monoisotopic (exact) mass is 418 g/mol. The van der Waals surface area contributed by atoms with Crippen molar-refractivity contribution in [3.8, 4) is 0 Å². The minimum atomic E-state index is -0.110. The summed E-state index contributed by atoms with van der Waals surface area (Å²) in [6.07, 6.45) is 7.72. The highest BCUT2D eigenvalue weighted by atomic mass is 16.2. The Hall–Kier alpha value is -2.63. The van der Waals surface area contributed by atoms with Crippen LogP contribution in [0.2, 0.25) is 0 Å². The zero-order chi connectivity index (χ0) is 21.1. The van der Waals surface area contributed by atoms with Gasteiger partial charge in [-0.05, 0) is 60.0 Å². The van der Waals surface area contributed by atoms with E-state index in [4.69, 9.17) is 0 Å². The number of imide groups is 1. The van der Waals surface area contributed by atoms with Crippen LogP contribution in [0.25, 0.3) is 0 Å². The molecule has 1 aromatic rings.